The van der Waals surface area contributed by atoms with Gasteiger partial charge < -0.3 is 10.1 Å². The van der Waals surface area contributed by atoms with Gasteiger partial charge in [-0.15, -0.1) is 0 Å². The van der Waals surface area contributed by atoms with E-state index < -0.39 is 36.1 Å². The molecule has 1 aliphatic heterocycles. The van der Waals surface area contributed by atoms with Crippen LogP contribution in [0.1, 0.15) is 15.9 Å². The number of fused-ring (bicyclic) bond motifs is 1. The molecule has 3 aromatic rings. The maximum absolute atomic E-state index is 14.3. The molecule has 7 nitrogen and oxygen atoms in total. The molecule has 1 aliphatic rings. The second-order valence-electron chi connectivity index (χ2n) is 6.78. The monoisotopic (exact) mass is 434 g/mol. The molecule has 160 valence electrons. The topological polar surface area (TPSA) is 96.1 Å². The van der Waals surface area contributed by atoms with E-state index in [2.05, 4.69) is 20.8 Å². The van der Waals surface area contributed by atoms with E-state index in [1.165, 1.54) is 30.6 Å². The first-order chi connectivity index (χ1) is 14.7. The highest BCUT2D eigenvalue weighted by Crippen LogP contribution is 2.48. The molecule has 0 aliphatic carbocycles. The molecule has 1 aromatic heterocycles. The number of alkyl halides is 3. The summed E-state index contributed by atoms with van der Waals surface area (Å²) in [4.78, 5) is 24.3. The Morgan fingerprint density at radius 3 is 2.52 bits per heavy atom. The highest BCUT2D eigenvalue weighted by Gasteiger charge is 2.62. The largest absolute Gasteiger partial charge is 0.434 e. The first kappa shape index (κ1) is 20.4. The lowest BCUT2D eigenvalue weighted by Gasteiger charge is -2.39. The molecular weight excluding hydrogens is 420 g/mol. The third kappa shape index (κ3) is 3.69. The number of aromatic nitrogens is 2. The minimum Gasteiger partial charge on any atom is -0.426 e. The van der Waals surface area contributed by atoms with Gasteiger partial charge in [0.15, 0.2) is 0 Å². The molecule has 0 spiro atoms. The fraction of sp³-hybridized carbons (Fsp3) is 0.150. The molecule has 1 atom stereocenters. The van der Waals surface area contributed by atoms with Gasteiger partial charge in [0, 0.05) is 22.9 Å². The third-order valence-corrected chi connectivity index (χ3v) is 4.85. The zero-order chi connectivity index (χ0) is 22.2. The maximum atomic E-state index is 14.3. The summed E-state index contributed by atoms with van der Waals surface area (Å²) in [5, 5.41) is 10.7. The highest BCUT2D eigenvalue weighted by molar-refractivity contribution is 5.94. The van der Waals surface area contributed by atoms with Crippen molar-refractivity contribution in [2.45, 2.75) is 11.8 Å². The van der Waals surface area contributed by atoms with Crippen LogP contribution < -0.4 is 10.6 Å². The number of carbonyl (C=O) groups excluding carboxylic acids is 2. The van der Waals surface area contributed by atoms with E-state index in [1.54, 1.807) is 0 Å². The molecule has 0 bridgehead atoms. The van der Waals surface area contributed by atoms with E-state index in [9.17, 15) is 27.2 Å². The average Bonchev–Trinajstić information content (AvgIpc) is 3.26. The number of ether oxygens (including phenoxy) is 1. The number of nitrogens with one attached hydrogen (secondary N) is 3. The summed E-state index contributed by atoms with van der Waals surface area (Å²) in [6.07, 6.45) is -3.45. The van der Waals surface area contributed by atoms with Crippen molar-refractivity contribution < 1.29 is 31.9 Å². The average molecular weight is 434 g/mol. The summed E-state index contributed by atoms with van der Waals surface area (Å²) in [6, 6.07) is 8.33. The summed E-state index contributed by atoms with van der Waals surface area (Å²) in [7, 11) is 0. The molecule has 0 fully saturated rings. The lowest BCUT2D eigenvalue weighted by molar-refractivity contribution is -0.261. The smallest absolute Gasteiger partial charge is 0.426 e. The zero-order valence-electron chi connectivity index (χ0n) is 15.6. The van der Waals surface area contributed by atoms with Crippen molar-refractivity contribution in [2.24, 2.45) is 0 Å². The van der Waals surface area contributed by atoms with E-state index in [-0.39, 0.29) is 16.8 Å². The van der Waals surface area contributed by atoms with Crippen LogP contribution in [0.15, 0.2) is 54.9 Å². The van der Waals surface area contributed by atoms with E-state index in [0.29, 0.717) is 11.1 Å². The summed E-state index contributed by atoms with van der Waals surface area (Å²) >= 11 is 0. The molecule has 0 saturated carbocycles. The Morgan fingerprint density at radius 2 is 1.87 bits per heavy atom. The van der Waals surface area contributed by atoms with Gasteiger partial charge in [-0.05, 0) is 42.0 Å². The minimum absolute atomic E-state index is 0.0497. The summed E-state index contributed by atoms with van der Waals surface area (Å²) in [5.74, 6) is -1.48. The van der Waals surface area contributed by atoms with Gasteiger partial charge in [-0.1, -0.05) is 6.07 Å². The summed E-state index contributed by atoms with van der Waals surface area (Å²) < 4.78 is 60.7. The van der Waals surface area contributed by atoms with Crippen molar-refractivity contribution in [2.75, 3.05) is 11.9 Å². The Labute approximate surface area is 172 Å². The number of hydrogen-bond donors (Lipinski definition) is 3. The molecule has 1 unspecified atom stereocenters. The number of halogens is 4. The van der Waals surface area contributed by atoms with Crippen LogP contribution in [0.3, 0.4) is 0 Å². The molecule has 0 radical (unpaired) electrons. The quantitative estimate of drug-likeness (QED) is 0.542. The molecule has 31 heavy (non-hydrogen) atoms. The molecule has 2 amide bonds. The van der Waals surface area contributed by atoms with Gasteiger partial charge in [0.1, 0.15) is 5.82 Å². The Bertz CT molecular complexity index is 1130. The number of hydrogen-bond acceptors (Lipinski definition) is 4. The standard InChI is InChI=1S/C20H14F4N4O3/c21-14-4-1-11(2-5-14)17(29)25-10-19(20(22,23)24)15-7-12(13-8-26-27-9-13)3-6-16(15)28-18(30)31-19/h1-9H,10H2,(H,25,29)(H,26,27)(H,28,30). The number of nitrogens with zero attached hydrogens (tertiary/aromatic N) is 1. The van der Waals surface area contributed by atoms with Crippen LogP contribution in [-0.2, 0) is 10.3 Å². The lowest BCUT2D eigenvalue weighted by Crippen LogP contribution is -2.56. The van der Waals surface area contributed by atoms with Crippen molar-refractivity contribution in [3.63, 3.8) is 0 Å². The maximum Gasteiger partial charge on any atom is 0.434 e. The van der Waals surface area contributed by atoms with Crippen LogP contribution >= 0.6 is 0 Å². The van der Waals surface area contributed by atoms with E-state index >= 15 is 0 Å². The molecular formula is C20H14F4N4O3. The van der Waals surface area contributed by atoms with E-state index in [0.717, 1.165) is 24.3 Å². The second-order valence-corrected chi connectivity index (χ2v) is 6.78. The van der Waals surface area contributed by atoms with Gasteiger partial charge in [-0.3, -0.25) is 15.2 Å². The van der Waals surface area contributed by atoms with Crippen LogP contribution in [0.2, 0.25) is 0 Å². The number of amides is 2. The molecule has 4 rings (SSSR count). The number of benzene rings is 2. The molecule has 11 heteroatoms. The van der Waals surface area contributed by atoms with Crippen molar-refractivity contribution in [1.82, 2.24) is 15.5 Å². The molecule has 0 saturated heterocycles. The summed E-state index contributed by atoms with van der Waals surface area (Å²) in [5.41, 5.74) is -2.75. The van der Waals surface area contributed by atoms with Gasteiger partial charge in [0.05, 0.1) is 18.4 Å². The zero-order valence-corrected chi connectivity index (χ0v) is 15.6. The number of H-pyrrole nitrogens is 1. The SMILES string of the molecule is O=C1Nc2ccc(-c3cn[nH]c3)cc2C(CNC(=O)c2ccc(F)cc2)(C(F)(F)F)O1. The number of aromatic amines is 1. The predicted octanol–water partition coefficient (Wildman–Crippen LogP) is 3.97. The third-order valence-electron chi connectivity index (χ3n) is 4.85. The molecule has 2 aromatic carbocycles. The number of carbonyl (C=O) groups is 2. The molecule has 2 heterocycles. The van der Waals surface area contributed by atoms with Crippen LogP contribution in [0.4, 0.5) is 28.0 Å². The first-order valence-electron chi connectivity index (χ1n) is 8.94. The predicted molar refractivity (Wildman–Crippen MR) is 101 cm³/mol. The fourth-order valence-electron chi connectivity index (χ4n) is 3.27. The number of anilines is 1. The highest BCUT2D eigenvalue weighted by atomic mass is 19.4. The normalized spacial score (nSPS) is 18.0. The van der Waals surface area contributed by atoms with Crippen molar-refractivity contribution in [3.05, 3.63) is 71.8 Å². The van der Waals surface area contributed by atoms with Crippen molar-refractivity contribution in [1.29, 1.82) is 0 Å². The number of cyclic esters (lactones) is 1. The lowest BCUT2D eigenvalue weighted by atomic mass is 9.87. The Morgan fingerprint density at radius 1 is 1.13 bits per heavy atom. The minimum atomic E-state index is -5.06. The fourth-order valence-corrected chi connectivity index (χ4v) is 3.27. The summed E-state index contributed by atoms with van der Waals surface area (Å²) in [6.45, 7) is -1.08. The van der Waals surface area contributed by atoms with Gasteiger partial charge >= 0.3 is 12.3 Å². The van der Waals surface area contributed by atoms with Crippen molar-refractivity contribution in [3.8, 4) is 11.1 Å². The van der Waals surface area contributed by atoms with Crippen LogP contribution in [0.25, 0.3) is 11.1 Å². The van der Waals surface area contributed by atoms with E-state index in [1.807, 2.05) is 0 Å². The molecule has 3 N–H and O–H groups in total. The first-order valence-corrected chi connectivity index (χ1v) is 8.94. The van der Waals surface area contributed by atoms with E-state index in [4.69, 9.17) is 4.74 Å². The van der Waals surface area contributed by atoms with Gasteiger partial charge in [-0.2, -0.15) is 18.3 Å². The van der Waals surface area contributed by atoms with Crippen LogP contribution in [0, 0.1) is 5.82 Å². The second kappa shape index (κ2) is 7.42. The Hall–Kier alpha value is -3.89. The number of rotatable bonds is 4. The van der Waals surface area contributed by atoms with Gasteiger partial charge in [-0.25, -0.2) is 9.18 Å². The van der Waals surface area contributed by atoms with Crippen LogP contribution in [-0.4, -0.2) is 34.9 Å². The van der Waals surface area contributed by atoms with Crippen molar-refractivity contribution >= 4 is 17.7 Å². The van der Waals surface area contributed by atoms with Crippen LogP contribution in [0.5, 0.6) is 0 Å². The van der Waals surface area contributed by atoms with Gasteiger partial charge in [0.25, 0.3) is 11.5 Å². The Kier molecular flexibility index (Phi) is 4.88. The van der Waals surface area contributed by atoms with Gasteiger partial charge in [0.2, 0.25) is 0 Å². The Balaban J connectivity index is 1.74.